The molecule has 0 saturated heterocycles. The first kappa shape index (κ1) is 15.3. The summed E-state index contributed by atoms with van der Waals surface area (Å²) in [5.41, 5.74) is 3.94. The van der Waals surface area contributed by atoms with Gasteiger partial charge in [-0.2, -0.15) is 5.10 Å². The lowest BCUT2D eigenvalue weighted by atomic mass is 10.0. The van der Waals surface area contributed by atoms with Crippen LogP contribution in [0, 0.1) is 6.92 Å². The molecule has 3 rings (SSSR count). The third-order valence-electron chi connectivity index (χ3n) is 4.30. The molecular formula is C18H21N3O2. The van der Waals surface area contributed by atoms with Crippen LogP contribution in [-0.2, 0) is 12.6 Å². The lowest BCUT2D eigenvalue weighted by Crippen LogP contribution is -2.21. The molecule has 2 aromatic heterocycles. The maximum atomic E-state index is 11.6. The molecule has 23 heavy (non-hydrogen) atoms. The van der Waals surface area contributed by atoms with Gasteiger partial charge in [-0.3, -0.25) is 4.68 Å². The summed E-state index contributed by atoms with van der Waals surface area (Å²) in [5.74, 6) is -0.893. The summed E-state index contributed by atoms with van der Waals surface area (Å²) in [6.07, 6.45) is 3.85. The number of fused-ring (bicyclic) bond motifs is 1. The molecule has 0 radical (unpaired) electrons. The zero-order valence-corrected chi connectivity index (χ0v) is 14.1. The molecule has 0 bridgehead atoms. The van der Waals surface area contributed by atoms with Gasteiger partial charge in [0, 0.05) is 35.5 Å². The van der Waals surface area contributed by atoms with Gasteiger partial charge in [-0.25, -0.2) is 4.79 Å². The first-order valence-electron chi connectivity index (χ1n) is 7.58. The molecule has 2 heterocycles. The summed E-state index contributed by atoms with van der Waals surface area (Å²) in [5, 5.41) is 14.7. The summed E-state index contributed by atoms with van der Waals surface area (Å²) < 4.78 is 3.87. The van der Waals surface area contributed by atoms with E-state index in [-0.39, 0.29) is 5.54 Å². The normalized spacial score (nSPS) is 12.0. The van der Waals surface area contributed by atoms with E-state index >= 15 is 0 Å². The number of hydrogen-bond donors (Lipinski definition) is 1. The Balaban J connectivity index is 2.29. The molecule has 0 saturated carbocycles. The van der Waals surface area contributed by atoms with Crippen molar-refractivity contribution in [3.8, 4) is 11.1 Å². The molecule has 5 nitrogen and oxygen atoms in total. The van der Waals surface area contributed by atoms with E-state index in [4.69, 9.17) is 0 Å². The molecule has 3 aromatic rings. The summed E-state index contributed by atoms with van der Waals surface area (Å²) in [4.78, 5) is 11.6. The lowest BCUT2D eigenvalue weighted by molar-refractivity contribution is 0.0698. The summed E-state index contributed by atoms with van der Waals surface area (Å²) in [6, 6.07) is 5.78. The van der Waals surface area contributed by atoms with Crippen LogP contribution in [0.25, 0.3) is 22.0 Å². The number of para-hydroxylation sites is 1. The Morgan fingerprint density at radius 1 is 1.26 bits per heavy atom. The van der Waals surface area contributed by atoms with E-state index in [0.717, 1.165) is 27.7 Å². The molecule has 1 N–H and O–H groups in total. The van der Waals surface area contributed by atoms with Gasteiger partial charge in [0.2, 0.25) is 0 Å². The van der Waals surface area contributed by atoms with E-state index in [0.29, 0.717) is 5.56 Å². The topological polar surface area (TPSA) is 60.0 Å². The van der Waals surface area contributed by atoms with E-state index < -0.39 is 5.97 Å². The van der Waals surface area contributed by atoms with Crippen LogP contribution in [0.15, 0.2) is 30.6 Å². The molecule has 5 heteroatoms. The van der Waals surface area contributed by atoms with E-state index in [2.05, 4.69) is 25.9 Å². The van der Waals surface area contributed by atoms with Crippen LogP contribution in [-0.4, -0.2) is 25.4 Å². The van der Waals surface area contributed by atoms with Crippen LogP contribution in [0.5, 0.6) is 0 Å². The number of benzene rings is 1. The predicted octanol–water partition coefficient (Wildman–Crippen LogP) is 3.80. The lowest BCUT2D eigenvalue weighted by Gasteiger charge is -2.18. The molecule has 0 fully saturated rings. The third-order valence-corrected chi connectivity index (χ3v) is 4.30. The van der Waals surface area contributed by atoms with Crippen molar-refractivity contribution in [1.82, 2.24) is 14.3 Å². The molecule has 0 aliphatic rings. The van der Waals surface area contributed by atoms with Gasteiger partial charge >= 0.3 is 5.97 Å². The van der Waals surface area contributed by atoms with Gasteiger partial charge in [-0.15, -0.1) is 0 Å². The van der Waals surface area contributed by atoms with Gasteiger partial charge in [-0.05, 0) is 27.7 Å². The van der Waals surface area contributed by atoms with Gasteiger partial charge < -0.3 is 9.67 Å². The smallest absolute Gasteiger partial charge is 0.338 e. The van der Waals surface area contributed by atoms with Crippen molar-refractivity contribution in [1.29, 1.82) is 0 Å². The first-order valence-corrected chi connectivity index (χ1v) is 7.58. The third kappa shape index (κ3) is 2.32. The van der Waals surface area contributed by atoms with Gasteiger partial charge in [0.05, 0.1) is 22.8 Å². The minimum absolute atomic E-state index is 0.0947. The van der Waals surface area contributed by atoms with Crippen LogP contribution in [0.4, 0.5) is 0 Å². The van der Waals surface area contributed by atoms with Crippen molar-refractivity contribution in [2.75, 3.05) is 0 Å². The van der Waals surface area contributed by atoms with Gasteiger partial charge in [0.25, 0.3) is 0 Å². The minimum atomic E-state index is -0.893. The number of hydrogen-bond acceptors (Lipinski definition) is 2. The largest absolute Gasteiger partial charge is 0.478 e. The highest BCUT2D eigenvalue weighted by Gasteiger charge is 2.21. The SMILES string of the molecule is Cc1c(C(=O)O)c2cccc(-c3cnn(C(C)(C)C)c3)c2n1C. The van der Waals surface area contributed by atoms with Crippen molar-refractivity contribution in [2.24, 2.45) is 7.05 Å². The summed E-state index contributed by atoms with van der Waals surface area (Å²) in [6.45, 7) is 8.13. The maximum Gasteiger partial charge on any atom is 0.338 e. The second kappa shape index (κ2) is 4.98. The molecule has 1 aromatic carbocycles. The van der Waals surface area contributed by atoms with E-state index in [1.807, 2.05) is 53.8 Å². The first-order chi connectivity index (χ1) is 10.7. The number of aromatic carboxylic acids is 1. The van der Waals surface area contributed by atoms with E-state index in [1.54, 1.807) is 0 Å². The fraction of sp³-hybridized carbons (Fsp3) is 0.333. The Morgan fingerprint density at radius 2 is 1.96 bits per heavy atom. The van der Waals surface area contributed by atoms with Gasteiger partial charge in [0.1, 0.15) is 0 Å². The number of carbonyl (C=O) groups is 1. The van der Waals surface area contributed by atoms with Gasteiger partial charge in [0.15, 0.2) is 0 Å². The molecule has 120 valence electrons. The van der Waals surface area contributed by atoms with Crippen LogP contribution in [0.3, 0.4) is 0 Å². The van der Waals surface area contributed by atoms with Crippen molar-refractivity contribution in [3.63, 3.8) is 0 Å². The number of aryl methyl sites for hydroxylation is 1. The Hall–Kier alpha value is -2.56. The summed E-state index contributed by atoms with van der Waals surface area (Å²) in [7, 11) is 1.90. The zero-order valence-electron chi connectivity index (χ0n) is 14.1. The van der Waals surface area contributed by atoms with Crippen molar-refractivity contribution < 1.29 is 9.90 Å². The maximum absolute atomic E-state index is 11.6. The molecule has 0 spiro atoms. The Kier molecular flexibility index (Phi) is 3.32. The quantitative estimate of drug-likeness (QED) is 0.783. The highest BCUT2D eigenvalue weighted by molar-refractivity contribution is 6.08. The minimum Gasteiger partial charge on any atom is -0.478 e. The van der Waals surface area contributed by atoms with Crippen LogP contribution in [0.2, 0.25) is 0 Å². The standard InChI is InChI=1S/C18H21N3O2/c1-11-15(17(22)23)14-8-6-7-13(16(14)20(11)5)12-9-19-21(10-12)18(2,3)4/h6-10H,1-5H3,(H,22,23). The summed E-state index contributed by atoms with van der Waals surface area (Å²) >= 11 is 0. The molecule has 0 aliphatic carbocycles. The van der Waals surface area contributed by atoms with E-state index in [9.17, 15) is 9.90 Å². The van der Waals surface area contributed by atoms with Crippen LogP contribution < -0.4 is 0 Å². The zero-order chi connectivity index (χ0) is 16.9. The fourth-order valence-electron chi connectivity index (χ4n) is 2.97. The Morgan fingerprint density at radius 3 is 2.52 bits per heavy atom. The van der Waals surface area contributed by atoms with Crippen molar-refractivity contribution >= 4 is 16.9 Å². The average molecular weight is 311 g/mol. The van der Waals surface area contributed by atoms with Gasteiger partial charge in [-0.1, -0.05) is 18.2 Å². The fourth-order valence-corrected chi connectivity index (χ4v) is 2.97. The molecule has 0 unspecified atom stereocenters. The molecule has 0 amide bonds. The monoisotopic (exact) mass is 311 g/mol. The van der Waals surface area contributed by atoms with Crippen LogP contribution in [0.1, 0.15) is 36.8 Å². The van der Waals surface area contributed by atoms with Crippen molar-refractivity contribution in [2.45, 2.75) is 33.2 Å². The number of aromatic nitrogens is 3. The second-order valence-corrected chi connectivity index (χ2v) is 6.87. The molecule has 0 aliphatic heterocycles. The number of carboxylic acids is 1. The van der Waals surface area contributed by atoms with E-state index in [1.165, 1.54) is 0 Å². The predicted molar refractivity (Wildman–Crippen MR) is 90.8 cm³/mol. The average Bonchev–Trinajstić information content (AvgIpc) is 3.03. The van der Waals surface area contributed by atoms with Crippen molar-refractivity contribution in [3.05, 3.63) is 41.9 Å². The molecular weight excluding hydrogens is 290 g/mol. The molecule has 0 atom stereocenters. The Labute approximate surface area is 135 Å². The highest BCUT2D eigenvalue weighted by Crippen LogP contribution is 2.34. The number of rotatable bonds is 2. The number of carboxylic acid groups (broad SMARTS) is 1. The highest BCUT2D eigenvalue weighted by atomic mass is 16.4. The second-order valence-electron chi connectivity index (χ2n) is 6.87. The Bertz CT molecular complexity index is 910. The number of nitrogens with zero attached hydrogens (tertiary/aromatic N) is 3. The van der Waals surface area contributed by atoms with Crippen LogP contribution >= 0.6 is 0 Å².